The van der Waals surface area contributed by atoms with Crippen molar-refractivity contribution in [1.82, 2.24) is 9.78 Å². The summed E-state index contributed by atoms with van der Waals surface area (Å²) in [7, 11) is 0. The first kappa shape index (κ1) is 16.3. The zero-order valence-corrected chi connectivity index (χ0v) is 14.5. The number of ketones is 1. The average molecular weight is 408 g/mol. The van der Waals surface area contributed by atoms with Crippen molar-refractivity contribution in [3.63, 3.8) is 0 Å². The summed E-state index contributed by atoms with van der Waals surface area (Å²) < 4.78 is 7.86. The lowest BCUT2D eigenvalue weighted by atomic mass is 10.3. The zero-order valence-electron chi connectivity index (χ0n) is 12.1. The van der Waals surface area contributed by atoms with Crippen molar-refractivity contribution < 1.29 is 14.1 Å². The summed E-state index contributed by atoms with van der Waals surface area (Å²) in [6, 6.07) is 6.54. The number of nitro groups is 1. The number of thiophene rings is 1. The van der Waals surface area contributed by atoms with Crippen molar-refractivity contribution in [3.8, 4) is 0 Å². The molecule has 0 unspecified atom stereocenters. The number of furan rings is 1. The van der Waals surface area contributed by atoms with Gasteiger partial charge in [-0.1, -0.05) is 0 Å². The Morgan fingerprint density at radius 1 is 1.46 bits per heavy atom. The normalized spacial score (nSPS) is 11.2. The van der Waals surface area contributed by atoms with Crippen LogP contribution in [0.15, 0.2) is 50.8 Å². The van der Waals surface area contributed by atoms with E-state index in [1.165, 1.54) is 34.4 Å². The molecule has 3 aromatic heterocycles. The first-order chi connectivity index (χ1) is 11.5. The minimum Gasteiger partial charge on any atom is -0.460 e. The molecule has 3 heterocycles. The molecule has 0 aliphatic heterocycles. The fourth-order valence-electron chi connectivity index (χ4n) is 1.95. The standard InChI is InChI=1S/C15H10BrN3O4S/c16-10-7-14(24-9-10)13(20)4-3-11-1-2-12(23-11)8-18-6-5-15(17-18)19(21)22/h1-7,9H,8H2/b4-3+. The summed E-state index contributed by atoms with van der Waals surface area (Å²) in [5.41, 5.74) is 0. The van der Waals surface area contributed by atoms with Gasteiger partial charge in [-0.3, -0.25) is 4.79 Å². The molecule has 9 heteroatoms. The third kappa shape index (κ3) is 3.87. The molecule has 0 aliphatic rings. The molecule has 0 spiro atoms. The molecule has 24 heavy (non-hydrogen) atoms. The number of nitrogens with zero attached hydrogens (tertiary/aromatic N) is 3. The van der Waals surface area contributed by atoms with Gasteiger partial charge in [0, 0.05) is 9.85 Å². The van der Waals surface area contributed by atoms with Crippen LogP contribution in [-0.4, -0.2) is 20.5 Å². The van der Waals surface area contributed by atoms with E-state index in [-0.39, 0.29) is 18.1 Å². The van der Waals surface area contributed by atoms with Crippen LogP contribution < -0.4 is 0 Å². The monoisotopic (exact) mass is 407 g/mol. The molecule has 3 aromatic rings. The molecule has 3 rings (SSSR count). The Labute approximate surface area is 148 Å². The molecule has 0 saturated heterocycles. The third-order valence-electron chi connectivity index (χ3n) is 3.02. The van der Waals surface area contributed by atoms with Gasteiger partial charge in [0.2, 0.25) is 0 Å². The Bertz CT molecular complexity index is 925. The molecule has 0 atom stereocenters. The van der Waals surface area contributed by atoms with E-state index in [0.29, 0.717) is 16.4 Å². The SMILES string of the molecule is O=C(/C=C/c1ccc(Cn2ccc([N+](=O)[O-])n2)o1)c1cc(Br)cs1. The highest BCUT2D eigenvalue weighted by molar-refractivity contribution is 9.10. The van der Waals surface area contributed by atoms with E-state index >= 15 is 0 Å². The smallest absolute Gasteiger partial charge is 0.389 e. The van der Waals surface area contributed by atoms with Gasteiger partial charge >= 0.3 is 5.82 Å². The van der Waals surface area contributed by atoms with Crippen molar-refractivity contribution in [2.45, 2.75) is 6.54 Å². The first-order valence-corrected chi connectivity index (χ1v) is 8.41. The number of hydrogen-bond acceptors (Lipinski definition) is 6. The molecule has 0 N–H and O–H groups in total. The summed E-state index contributed by atoms with van der Waals surface area (Å²) in [4.78, 5) is 22.7. The van der Waals surface area contributed by atoms with Crippen LogP contribution in [0.3, 0.4) is 0 Å². The minimum atomic E-state index is -0.554. The summed E-state index contributed by atoms with van der Waals surface area (Å²) in [5.74, 6) is 0.787. The summed E-state index contributed by atoms with van der Waals surface area (Å²) in [5, 5.41) is 16.3. The predicted molar refractivity (Wildman–Crippen MR) is 92.1 cm³/mol. The molecule has 0 radical (unpaired) electrons. The Kier molecular flexibility index (Phi) is 4.72. The van der Waals surface area contributed by atoms with Crippen LogP contribution in [-0.2, 0) is 6.54 Å². The van der Waals surface area contributed by atoms with Crippen LogP contribution >= 0.6 is 27.3 Å². The lowest BCUT2D eigenvalue weighted by molar-refractivity contribution is -0.389. The summed E-state index contributed by atoms with van der Waals surface area (Å²) in [6.45, 7) is 0.271. The van der Waals surface area contributed by atoms with Gasteiger partial charge in [0.1, 0.15) is 18.1 Å². The van der Waals surface area contributed by atoms with E-state index in [0.717, 1.165) is 4.47 Å². The van der Waals surface area contributed by atoms with Gasteiger partial charge in [-0.15, -0.1) is 11.3 Å². The average Bonchev–Trinajstić information content (AvgIpc) is 3.26. The van der Waals surface area contributed by atoms with Crippen molar-refractivity contribution >= 4 is 44.9 Å². The molecule has 122 valence electrons. The number of hydrogen-bond donors (Lipinski definition) is 0. The molecule has 0 saturated carbocycles. The Hall–Kier alpha value is -2.52. The zero-order chi connectivity index (χ0) is 17.1. The highest BCUT2D eigenvalue weighted by Crippen LogP contribution is 2.21. The largest absolute Gasteiger partial charge is 0.460 e. The van der Waals surface area contributed by atoms with Gasteiger partial charge in [-0.2, -0.15) is 4.68 Å². The second kappa shape index (κ2) is 6.93. The highest BCUT2D eigenvalue weighted by Gasteiger charge is 2.12. The van der Waals surface area contributed by atoms with Gasteiger partial charge in [-0.05, 0) is 51.2 Å². The number of rotatable bonds is 6. The van der Waals surface area contributed by atoms with Gasteiger partial charge in [-0.25, -0.2) is 0 Å². The second-order valence-electron chi connectivity index (χ2n) is 4.76. The van der Waals surface area contributed by atoms with Crippen LogP contribution in [0.4, 0.5) is 5.82 Å². The molecule has 0 amide bonds. The number of carbonyl (C=O) groups excluding carboxylic acids is 1. The summed E-state index contributed by atoms with van der Waals surface area (Å²) in [6.07, 6.45) is 4.54. The molecule has 0 bridgehead atoms. The highest BCUT2D eigenvalue weighted by atomic mass is 79.9. The molecule has 0 aliphatic carbocycles. The van der Waals surface area contributed by atoms with Crippen molar-refractivity contribution in [3.05, 3.63) is 72.9 Å². The molecule has 0 aromatic carbocycles. The van der Waals surface area contributed by atoms with Gasteiger partial charge in [0.15, 0.2) is 5.78 Å². The van der Waals surface area contributed by atoms with Crippen molar-refractivity contribution in [2.75, 3.05) is 0 Å². The van der Waals surface area contributed by atoms with E-state index in [1.807, 2.05) is 5.38 Å². The fraction of sp³-hybridized carbons (Fsp3) is 0.0667. The van der Waals surface area contributed by atoms with E-state index in [4.69, 9.17) is 4.42 Å². The van der Waals surface area contributed by atoms with Crippen LogP contribution in [0.5, 0.6) is 0 Å². The lowest BCUT2D eigenvalue weighted by Gasteiger charge is -1.93. The Morgan fingerprint density at radius 2 is 2.29 bits per heavy atom. The topological polar surface area (TPSA) is 91.2 Å². The number of aromatic nitrogens is 2. The molecular formula is C15H10BrN3O4S. The first-order valence-electron chi connectivity index (χ1n) is 6.74. The minimum absolute atomic E-state index is 0.105. The molecular weight excluding hydrogens is 398 g/mol. The predicted octanol–water partition coefficient (Wildman–Crippen LogP) is 4.15. The summed E-state index contributed by atoms with van der Waals surface area (Å²) >= 11 is 4.67. The quantitative estimate of drug-likeness (QED) is 0.265. The van der Waals surface area contributed by atoms with E-state index in [2.05, 4.69) is 21.0 Å². The van der Waals surface area contributed by atoms with Gasteiger partial charge in [0.05, 0.1) is 22.2 Å². The van der Waals surface area contributed by atoms with Crippen LogP contribution in [0, 0.1) is 10.1 Å². The number of allylic oxidation sites excluding steroid dienone is 1. The van der Waals surface area contributed by atoms with Crippen molar-refractivity contribution in [1.29, 1.82) is 0 Å². The van der Waals surface area contributed by atoms with E-state index < -0.39 is 4.92 Å². The third-order valence-corrected chi connectivity index (χ3v) is 4.73. The fourth-order valence-corrected chi connectivity index (χ4v) is 3.29. The van der Waals surface area contributed by atoms with Crippen LogP contribution in [0.2, 0.25) is 0 Å². The van der Waals surface area contributed by atoms with Gasteiger partial charge < -0.3 is 14.5 Å². The molecule has 0 fully saturated rings. The van der Waals surface area contributed by atoms with E-state index in [9.17, 15) is 14.9 Å². The van der Waals surface area contributed by atoms with Crippen LogP contribution in [0.1, 0.15) is 21.2 Å². The maximum atomic E-state index is 12.0. The molecule has 7 nitrogen and oxygen atoms in total. The van der Waals surface area contributed by atoms with Gasteiger partial charge in [0.25, 0.3) is 0 Å². The number of halogens is 1. The van der Waals surface area contributed by atoms with Crippen molar-refractivity contribution in [2.24, 2.45) is 0 Å². The van der Waals surface area contributed by atoms with Crippen LogP contribution in [0.25, 0.3) is 6.08 Å². The maximum absolute atomic E-state index is 12.0. The number of carbonyl (C=O) groups is 1. The lowest BCUT2D eigenvalue weighted by Crippen LogP contribution is -2.00. The Balaban J connectivity index is 1.65. The van der Waals surface area contributed by atoms with E-state index in [1.54, 1.807) is 24.3 Å². The second-order valence-corrected chi connectivity index (χ2v) is 6.59. The Morgan fingerprint density at radius 3 is 2.96 bits per heavy atom. The maximum Gasteiger partial charge on any atom is 0.389 e.